The number of aryl methyl sites for hydroxylation is 1. The Morgan fingerprint density at radius 3 is 2.67 bits per heavy atom. The Hall–Kier alpha value is -0.550. The smallest absolute Gasteiger partial charge is 0.0921 e. The van der Waals surface area contributed by atoms with Crippen LogP contribution in [-0.4, -0.2) is 0 Å². The van der Waals surface area contributed by atoms with Crippen molar-refractivity contribution in [3.63, 3.8) is 0 Å². The van der Waals surface area contributed by atoms with Crippen molar-refractivity contribution < 1.29 is 4.57 Å². The molecule has 0 aliphatic carbocycles. The Kier molecular flexibility index (Phi) is 2.07. The van der Waals surface area contributed by atoms with Crippen LogP contribution < -0.4 is 5.30 Å². The molecule has 0 N–H and O–H groups in total. The molecule has 1 aromatic rings. The minimum atomic E-state index is -0.752. The SMILES string of the molecule is Cc1cccc([PH2]=O)c1. The topological polar surface area (TPSA) is 17.1 Å². The lowest BCUT2D eigenvalue weighted by atomic mass is 10.2. The van der Waals surface area contributed by atoms with Crippen molar-refractivity contribution >= 4 is 13.8 Å². The summed E-state index contributed by atoms with van der Waals surface area (Å²) in [7, 11) is -0.752. The molecule has 0 aliphatic rings. The number of hydrogen-bond acceptors (Lipinski definition) is 1. The van der Waals surface area contributed by atoms with Gasteiger partial charge in [0, 0.05) is 5.30 Å². The van der Waals surface area contributed by atoms with Gasteiger partial charge in [-0.2, -0.15) is 0 Å². The lowest BCUT2D eigenvalue weighted by Crippen LogP contribution is -1.88. The van der Waals surface area contributed by atoms with Crippen LogP contribution in [0.25, 0.3) is 0 Å². The highest BCUT2D eigenvalue weighted by Crippen LogP contribution is 1.98. The van der Waals surface area contributed by atoms with Gasteiger partial charge in [-0.15, -0.1) is 0 Å². The lowest BCUT2D eigenvalue weighted by molar-refractivity contribution is 0.603. The van der Waals surface area contributed by atoms with Crippen molar-refractivity contribution in [2.75, 3.05) is 0 Å². The van der Waals surface area contributed by atoms with E-state index < -0.39 is 8.46 Å². The highest BCUT2D eigenvalue weighted by atomic mass is 31.1. The number of benzene rings is 1. The molecule has 0 saturated heterocycles. The fourth-order valence-corrected chi connectivity index (χ4v) is 1.26. The van der Waals surface area contributed by atoms with E-state index in [9.17, 15) is 4.57 Å². The Bertz CT molecular complexity index is 220. The van der Waals surface area contributed by atoms with Crippen LogP contribution in [0.1, 0.15) is 5.56 Å². The van der Waals surface area contributed by atoms with Crippen LogP contribution in [0.4, 0.5) is 0 Å². The lowest BCUT2D eigenvalue weighted by Gasteiger charge is -1.90. The molecule has 1 atom stereocenters. The summed E-state index contributed by atoms with van der Waals surface area (Å²) in [5, 5.41) is 0.954. The zero-order chi connectivity index (χ0) is 6.69. The molecular weight excluding hydrogens is 131 g/mol. The van der Waals surface area contributed by atoms with Crippen LogP contribution >= 0.6 is 8.46 Å². The highest BCUT2D eigenvalue weighted by molar-refractivity contribution is 7.34. The largest absolute Gasteiger partial charge is 0.325 e. The van der Waals surface area contributed by atoms with Gasteiger partial charge in [0.2, 0.25) is 0 Å². The molecule has 0 aromatic heterocycles. The molecule has 0 spiro atoms. The summed E-state index contributed by atoms with van der Waals surface area (Å²) in [5.41, 5.74) is 1.18. The van der Waals surface area contributed by atoms with Gasteiger partial charge in [-0.3, -0.25) is 0 Å². The van der Waals surface area contributed by atoms with Crippen molar-refractivity contribution in [2.45, 2.75) is 6.92 Å². The standard InChI is InChI=1S/C7H9OP/c1-6-3-2-4-7(5-6)9-8/h2-5H,9H2,1H3. The molecule has 1 aromatic carbocycles. The molecule has 0 fully saturated rings. The van der Waals surface area contributed by atoms with E-state index in [1.807, 2.05) is 31.2 Å². The molecule has 48 valence electrons. The van der Waals surface area contributed by atoms with Gasteiger partial charge < -0.3 is 4.57 Å². The summed E-state index contributed by atoms with van der Waals surface area (Å²) in [4.78, 5) is 0. The second-order valence-electron chi connectivity index (χ2n) is 2.03. The molecule has 0 radical (unpaired) electrons. The third-order valence-electron chi connectivity index (χ3n) is 1.18. The summed E-state index contributed by atoms with van der Waals surface area (Å²) >= 11 is 0. The van der Waals surface area contributed by atoms with Gasteiger partial charge in [0.05, 0.1) is 8.46 Å². The fraction of sp³-hybridized carbons (Fsp3) is 0.143. The van der Waals surface area contributed by atoms with E-state index >= 15 is 0 Å². The van der Waals surface area contributed by atoms with Gasteiger partial charge in [-0.05, 0) is 13.0 Å². The van der Waals surface area contributed by atoms with E-state index in [4.69, 9.17) is 0 Å². The van der Waals surface area contributed by atoms with Crippen LogP contribution in [0.15, 0.2) is 24.3 Å². The molecule has 0 bridgehead atoms. The number of rotatable bonds is 1. The van der Waals surface area contributed by atoms with Crippen LogP contribution in [0.5, 0.6) is 0 Å². The molecule has 1 rings (SSSR count). The van der Waals surface area contributed by atoms with E-state index in [-0.39, 0.29) is 0 Å². The minimum Gasteiger partial charge on any atom is -0.325 e. The van der Waals surface area contributed by atoms with Gasteiger partial charge in [-0.1, -0.05) is 23.8 Å². The maximum atomic E-state index is 10.4. The predicted molar refractivity (Wildman–Crippen MR) is 41.2 cm³/mol. The molecule has 1 nitrogen and oxygen atoms in total. The first kappa shape index (κ1) is 6.57. The van der Waals surface area contributed by atoms with Gasteiger partial charge in [-0.25, -0.2) is 0 Å². The van der Waals surface area contributed by atoms with Crippen LogP contribution in [-0.2, 0) is 4.57 Å². The van der Waals surface area contributed by atoms with Crippen LogP contribution in [0, 0.1) is 6.92 Å². The third-order valence-corrected chi connectivity index (χ3v) is 1.81. The normalized spacial score (nSPS) is 10.8. The second-order valence-corrected chi connectivity index (χ2v) is 2.93. The molecule has 0 amide bonds. The monoisotopic (exact) mass is 140 g/mol. The Labute approximate surface area is 55.9 Å². The zero-order valence-electron chi connectivity index (χ0n) is 5.29. The Morgan fingerprint density at radius 1 is 1.44 bits per heavy atom. The first-order valence-electron chi connectivity index (χ1n) is 2.85. The van der Waals surface area contributed by atoms with Crippen molar-refractivity contribution in [1.82, 2.24) is 0 Å². The summed E-state index contributed by atoms with van der Waals surface area (Å²) in [6.07, 6.45) is 0. The number of hydrogen-bond donors (Lipinski definition) is 0. The van der Waals surface area contributed by atoms with Crippen LogP contribution in [0.3, 0.4) is 0 Å². The third kappa shape index (κ3) is 1.69. The fourth-order valence-electron chi connectivity index (χ4n) is 0.743. The van der Waals surface area contributed by atoms with Gasteiger partial charge in [0.1, 0.15) is 0 Å². The van der Waals surface area contributed by atoms with Gasteiger partial charge >= 0.3 is 0 Å². The molecule has 2 heteroatoms. The Balaban J connectivity index is 3.07. The Morgan fingerprint density at radius 2 is 2.22 bits per heavy atom. The molecular formula is C7H9OP. The van der Waals surface area contributed by atoms with E-state index in [1.54, 1.807) is 0 Å². The molecule has 9 heavy (non-hydrogen) atoms. The van der Waals surface area contributed by atoms with Gasteiger partial charge in [0.25, 0.3) is 0 Å². The van der Waals surface area contributed by atoms with Gasteiger partial charge in [0.15, 0.2) is 0 Å². The van der Waals surface area contributed by atoms with E-state index in [0.29, 0.717) is 0 Å². The summed E-state index contributed by atoms with van der Waals surface area (Å²) in [6, 6.07) is 7.76. The molecule has 1 unspecified atom stereocenters. The zero-order valence-corrected chi connectivity index (χ0v) is 6.45. The van der Waals surface area contributed by atoms with Crippen LogP contribution in [0.2, 0.25) is 0 Å². The van der Waals surface area contributed by atoms with E-state index in [1.165, 1.54) is 5.56 Å². The maximum Gasteiger partial charge on any atom is 0.0921 e. The van der Waals surface area contributed by atoms with Crippen molar-refractivity contribution in [2.24, 2.45) is 0 Å². The first-order valence-corrected chi connectivity index (χ1v) is 3.89. The maximum absolute atomic E-state index is 10.4. The molecule has 0 aliphatic heterocycles. The predicted octanol–water partition coefficient (Wildman–Crippen LogP) is 1.38. The molecule has 0 saturated carbocycles. The average Bonchev–Trinajstić information content (AvgIpc) is 1.88. The first-order chi connectivity index (χ1) is 4.33. The summed E-state index contributed by atoms with van der Waals surface area (Å²) in [6.45, 7) is 2.00. The second kappa shape index (κ2) is 2.84. The van der Waals surface area contributed by atoms with Crippen molar-refractivity contribution in [1.29, 1.82) is 0 Å². The quantitative estimate of drug-likeness (QED) is 0.538. The van der Waals surface area contributed by atoms with Crippen molar-refractivity contribution in [3.8, 4) is 0 Å². The minimum absolute atomic E-state index is 0.752. The molecule has 0 heterocycles. The van der Waals surface area contributed by atoms with E-state index in [2.05, 4.69) is 0 Å². The highest BCUT2D eigenvalue weighted by Gasteiger charge is 1.85. The average molecular weight is 140 g/mol. The van der Waals surface area contributed by atoms with E-state index in [0.717, 1.165) is 5.30 Å². The summed E-state index contributed by atoms with van der Waals surface area (Å²) in [5.74, 6) is 0. The summed E-state index contributed by atoms with van der Waals surface area (Å²) < 4.78 is 10.4. The van der Waals surface area contributed by atoms with Crippen molar-refractivity contribution in [3.05, 3.63) is 29.8 Å².